The normalized spacial score (nSPS) is 12.1. The van der Waals surface area contributed by atoms with E-state index in [1.807, 2.05) is 12.3 Å². The number of aryl methyl sites for hydroxylation is 3. The number of benzene rings is 1. The zero-order valence-corrected chi connectivity index (χ0v) is 14.1. The summed E-state index contributed by atoms with van der Waals surface area (Å²) in [4.78, 5) is 4.53. The second-order valence-electron chi connectivity index (χ2n) is 6.08. The Morgan fingerprint density at radius 3 is 2.20 bits per heavy atom. The lowest BCUT2D eigenvalue weighted by Crippen LogP contribution is -2.41. The Balaban J connectivity index is 2.34. The molecule has 0 unspecified atom stereocenters. The van der Waals surface area contributed by atoms with Crippen molar-refractivity contribution in [1.29, 1.82) is 0 Å². The van der Waals surface area contributed by atoms with E-state index in [9.17, 15) is 0 Å². The molecule has 0 spiro atoms. The van der Waals surface area contributed by atoms with Crippen molar-refractivity contribution >= 4 is 19.5 Å². The first-order chi connectivity index (χ1) is 9.40. The summed E-state index contributed by atoms with van der Waals surface area (Å²) in [6.45, 7) is 11.2. The van der Waals surface area contributed by atoms with Crippen LogP contribution in [-0.4, -0.2) is 13.1 Å². The summed E-state index contributed by atoms with van der Waals surface area (Å²) in [6, 6.07) is 10.7. The summed E-state index contributed by atoms with van der Waals surface area (Å²) in [6.07, 6.45) is 4.19. The van der Waals surface area contributed by atoms with Gasteiger partial charge in [-0.1, -0.05) is 48.6 Å². The van der Waals surface area contributed by atoms with Crippen molar-refractivity contribution in [3.8, 4) is 0 Å². The molecular formula is C18H23NSi. The number of hydrogen-bond acceptors (Lipinski definition) is 1. The fraction of sp³-hybridized carbons (Fsp3) is 0.278. The molecule has 0 aliphatic carbocycles. The van der Waals surface area contributed by atoms with Gasteiger partial charge in [-0.3, -0.25) is 4.98 Å². The molecule has 0 bridgehead atoms. The highest BCUT2D eigenvalue weighted by atomic mass is 28.3. The molecule has 2 heteroatoms. The molecule has 2 rings (SSSR count). The van der Waals surface area contributed by atoms with E-state index in [0.29, 0.717) is 0 Å². The van der Waals surface area contributed by atoms with Crippen LogP contribution in [0.2, 0.25) is 13.1 Å². The van der Waals surface area contributed by atoms with Gasteiger partial charge < -0.3 is 0 Å². The highest BCUT2D eigenvalue weighted by molar-refractivity contribution is 6.93. The molecule has 0 amide bonds. The molecule has 0 saturated carbocycles. The first-order valence-corrected chi connectivity index (χ1v) is 10.2. The summed E-state index contributed by atoms with van der Waals surface area (Å²) in [5.41, 5.74) is 7.78. The Morgan fingerprint density at radius 1 is 1.00 bits per heavy atom. The molecular weight excluding hydrogens is 258 g/mol. The van der Waals surface area contributed by atoms with Gasteiger partial charge in [0.1, 0.15) is 8.07 Å². The van der Waals surface area contributed by atoms with Crippen LogP contribution >= 0.6 is 0 Å². The van der Waals surface area contributed by atoms with Crippen LogP contribution in [0.3, 0.4) is 0 Å². The predicted octanol–water partition coefficient (Wildman–Crippen LogP) is 4.17. The van der Waals surface area contributed by atoms with Gasteiger partial charge >= 0.3 is 0 Å². The number of aromatic nitrogens is 1. The minimum Gasteiger partial charge on any atom is -0.266 e. The lowest BCUT2D eigenvalue weighted by molar-refractivity contribution is 1.30. The van der Waals surface area contributed by atoms with Gasteiger partial charge in [-0.25, -0.2) is 0 Å². The molecule has 0 fully saturated rings. The quantitative estimate of drug-likeness (QED) is 0.769. The monoisotopic (exact) mass is 281 g/mol. The Bertz CT molecular complexity index is 604. The zero-order chi connectivity index (χ0) is 14.8. The standard InChI is InChI=1S/C18H23NSi/c1-14-12-15(2)17(16(3)13-14)9-11-20(4,5)18-8-6-7-10-19-18/h6-13H,1-5H3/b11-9+. The summed E-state index contributed by atoms with van der Waals surface area (Å²) in [7, 11) is -1.61. The highest BCUT2D eigenvalue weighted by Crippen LogP contribution is 2.19. The van der Waals surface area contributed by atoms with Crippen molar-refractivity contribution in [2.45, 2.75) is 33.9 Å². The summed E-state index contributed by atoms with van der Waals surface area (Å²) >= 11 is 0. The molecule has 104 valence electrons. The minimum absolute atomic E-state index is 1.23. The number of pyridine rings is 1. The van der Waals surface area contributed by atoms with Crippen molar-refractivity contribution in [3.63, 3.8) is 0 Å². The van der Waals surface area contributed by atoms with Gasteiger partial charge in [-0.05, 0) is 49.6 Å². The van der Waals surface area contributed by atoms with Gasteiger partial charge in [0.2, 0.25) is 0 Å². The van der Waals surface area contributed by atoms with E-state index in [2.05, 4.69) is 74.9 Å². The summed E-state index contributed by atoms with van der Waals surface area (Å²) in [5, 5.41) is 1.23. The van der Waals surface area contributed by atoms with E-state index in [-0.39, 0.29) is 0 Å². The third-order valence-electron chi connectivity index (χ3n) is 3.73. The molecule has 0 atom stereocenters. The van der Waals surface area contributed by atoms with Gasteiger partial charge in [-0.15, -0.1) is 0 Å². The molecule has 0 aliphatic rings. The molecule has 0 aliphatic heterocycles. The maximum absolute atomic E-state index is 4.53. The Kier molecular flexibility index (Phi) is 4.24. The second-order valence-corrected chi connectivity index (χ2v) is 10.4. The predicted molar refractivity (Wildman–Crippen MR) is 91.0 cm³/mol. The molecule has 0 saturated heterocycles. The molecule has 1 aromatic heterocycles. The van der Waals surface area contributed by atoms with E-state index in [4.69, 9.17) is 0 Å². The van der Waals surface area contributed by atoms with Crippen LogP contribution in [0.1, 0.15) is 22.3 Å². The lowest BCUT2D eigenvalue weighted by Gasteiger charge is -2.17. The SMILES string of the molecule is Cc1cc(C)c(/C=C/[Si](C)(C)c2ccccn2)c(C)c1. The maximum Gasteiger partial charge on any atom is 0.127 e. The van der Waals surface area contributed by atoms with Crippen LogP contribution in [0.25, 0.3) is 6.08 Å². The van der Waals surface area contributed by atoms with Crippen LogP contribution in [0.4, 0.5) is 0 Å². The van der Waals surface area contributed by atoms with Crippen LogP contribution in [0.15, 0.2) is 42.2 Å². The maximum atomic E-state index is 4.53. The average Bonchev–Trinajstić information content (AvgIpc) is 2.38. The summed E-state index contributed by atoms with van der Waals surface area (Å²) in [5.74, 6) is 0. The van der Waals surface area contributed by atoms with Gasteiger partial charge in [0.05, 0.1) is 0 Å². The first-order valence-electron chi connectivity index (χ1n) is 7.09. The number of hydrogen-bond donors (Lipinski definition) is 0. The molecule has 0 N–H and O–H groups in total. The van der Waals surface area contributed by atoms with Crippen molar-refractivity contribution in [2.24, 2.45) is 0 Å². The largest absolute Gasteiger partial charge is 0.266 e. The van der Waals surface area contributed by atoms with Crippen LogP contribution in [0, 0.1) is 20.8 Å². The highest BCUT2D eigenvalue weighted by Gasteiger charge is 2.21. The van der Waals surface area contributed by atoms with E-state index in [1.54, 1.807) is 0 Å². The van der Waals surface area contributed by atoms with Gasteiger partial charge in [0.15, 0.2) is 0 Å². The molecule has 20 heavy (non-hydrogen) atoms. The third-order valence-corrected chi connectivity index (χ3v) is 6.35. The molecule has 1 nitrogen and oxygen atoms in total. The van der Waals surface area contributed by atoms with Gasteiger partial charge in [-0.2, -0.15) is 0 Å². The van der Waals surface area contributed by atoms with E-state index >= 15 is 0 Å². The van der Waals surface area contributed by atoms with Crippen LogP contribution < -0.4 is 5.32 Å². The Morgan fingerprint density at radius 2 is 1.65 bits per heavy atom. The van der Waals surface area contributed by atoms with Crippen LogP contribution in [-0.2, 0) is 0 Å². The second kappa shape index (κ2) is 5.76. The van der Waals surface area contributed by atoms with Gasteiger partial charge in [0.25, 0.3) is 0 Å². The van der Waals surface area contributed by atoms with E-state index in [1.165, 1.54) is 27.6 Å². The average molecular weight is 281 g/mol. The zero-order valence-electron chi connectivity index (χ0n) is 13.1. The van der Waals surface area contributed by atoms with Crippen molar-refractivity contribution in [2.75, 3.05) is 0 Å². The van der Waals surface area contributed by atoms with Crippen molar-refractivity contribution in [3.05, 3.63) is 64.5 Å². The smallest absolute Gasteiger partial charge is 0.127 e. The Labute approximate surface area is 123 Å². The van der Waals surface area contributed by atoms with E-state index < -0.39 is 8.07 Å². The van der Waals surface area contributed by atoms with Crippen molar-refractivity contribution < 1.29 is 0 Å². The molecule has 1 aromatic carbocycles. The number of rotatable bonds is 3. The fourth-order valence-electron chi connectivity index (χ4n) is 2.58. The van der Waals surface area contributed by atoms with E-state index in [0.717, 1.165) is 0 Å². The molecule has 1 heterocycles. The third kappa shape index (κ3) is 3.25. The molecule has 0 radical (unpaired) electrons. The lowest BCUT2D eigenvalue weighted by atomic mass is 10.0. The van der Waals surface area contributed by atoms with Crippen LogP contribution in [0.5, 0.6) is 0 Å². The topological polar surface area (TPSA) is 12.9 Å². The Hall–Kier alpha value is -1.67. The first kappa shape index (κ1) is 14.7. The molecule has 2 aromatic rings. The summed E-state index contributed by atoms with van der Waals surface area (Å²) < 4.78 is 0. The van der Waals surface area contributed by atoms with Crippen molar-refractivity contribution in [1.82, 2.24) is 4.98 Å². The minimum atomic E-state index is -1.61. The van der Waals surface area contributed by atoms with Gasteiger partial charge in [0, 0.05) is 11.5 Å². The number of nitrogens with zero attached hydrogens (tertiary/aromatic N) is 1. The fourth-order valence-corrected chi connectivity index (χ4v) is 4.26.